The number of hydrogen-bond donors (Lipinski definition) is 0. The fourth-order valence-electron chi connectivity index (χ4n) is 2.04. The van der Waals surface area contributed by atoms with Crippen LogP contribution in [0.5, 0.6) is 5.75 Å². The number of nitrogens with zero attached hydrogens (tertiary/aromatic N) is 1. The van der Waals surface area contributed by atoms with Crippen molar-refractivity contribution in [3.8, 4) is 22.9 Å². The summed E-state index contributed by atoms with van der Waals surface area (Å²) in [6, 6.07) is 14.4. The number of ether oxygens (including phenoxy) is 1. The second-order valence-corrected chi connectivity index (χ2v) is 4.35. The van der Waals surface area contributed by atoms with Crippen molar-refractivity contribution >= 4 is 0 Å². The number of aryl methyl sites for hydroxylation is 2. The molecule has 0 unspecified atom stereocenters. The Morgan fingerprint density at radius 1 is 1.00 bits per heavy atom. The van der Waals surface area contributed by atoms with Crippen molar-refractivity contribution in [2.45, 2.75) is 13.8 Å². The zero-order valence-corrected chi connectivity index (χ0v) is 10.8. The largest absolute Gasteiger partial charge is 0.495 e. The number of methoxy groups -OCH3 is 1. The van der Waals surface area contributed by atoms with Gasteiger partial charge in [0.15, 0.2) is 0 Å². The van der Waals surface area contributed by atoms with E-state index in [0.29, 0.717) is 11.3 Å². The second-order valence-electron chi connectivity index (χ2n) is 4.35. The lowest BCUT2D eigenvalue weighted by Crippen LogP contribution is -1.93. The molecule has 2 aromatic carbocycles. The third kappa shape index (κ3) is 2.21. The van der Waals surface area contributed by atoms with E-state index in [1.54, 1.807) is 7.11 Å². The highest BCUT2D eigenvalue weighted by atomic mass is 16.5. The van der Waals surface area contributed by atoms with Gasteiger partial charge in [0.1, 0.15) is 11.8 Å². The smallest absolute Gasteiger partial charge is 0.139 e. The van der Waals surface area contributed by atoms with Gasteiger partial charge >= 0.3 is 0 Å². The summed E-state index contributed by atoms with van der Waals surface area (Å²) in [5, 5.41) is 9.16. The van der Waals surface area contributed by atoms with Crippen molar-refractivity contribution in [2.75, 3.05) is 7.11 Å². The first-order valence-electron chi connectivity index (χ1n) is 5.81. The van der Waals surface area contributed by atoms with Crippen LogP contribution in [0, 0.1) is 25.2 Å². The lowest BCUT2D eigenvalue weighted by atomic mass is 9.99. The zero-order valence-electron chi connectivity index (χ0n) is 10.8. The van der Waals surface area contributed by atoms with Crippen LogP contribution >= 0.6 is 0 Å². The molecule has 2 aromatic rings. The molecule has 90 valence electrons. The summed E-state index contributed by atoms with van der Waals surface area (Å²) < 4.78 is 5.25. The van der Waals surface area contributed by atoms with E-state index in [0.717, 1.165) is 16.7 Å². The van der Waals surface area contributed by atoms with Crippen LogP contribution < -0.4 is 4.74 Å². The minimum Gasteiger partial charge on any atom is -0.495 e. The molecule has 2 rings (SSSR count). The summed E-state index contributed by atoms with van der Waals surface area (Å²) >= 11 is 0. The maximum absolute atomic E-state index is 9.16. The molecule has 0 atom stereocenters. The SMILES string of the molecule is COc1c(C)cc(-c2ccc(C)cc2)cc1C#N. The van der Waals surface area contributed by atoms with Gasteiger partial charge in [-0.2, -0.15) is 5.26 Å². The van der Waals surface area contributed by atoms with Crippen molar-refractivity contribution in [2.24, 2.45) is 0 Å². The Bertz CT molecular complexity index is 606. The quantitative estimate of drug-likeness (QED) is 0.794. The lowest BCUT2D eigenvalue weighted by Gasteiger charge is -2.10. The topological polar surface area (TPSA) is 33.0 Å². The first kappa shape index (κ1) is 12.2. The molecular weight excluding hydrogens is 222 g/mol. The molecular formula is C16H15NO. The van der Waals surface area contributed by atoms with Gasteiger partial charge in [0, 0.05) is 0 Å². The van der Waals surface area contributed by atoms with Gasteiger partial charge in [-0.1, -0.05) is 29.8 Å². The number of benzene rings is 2. The van der Waals surface area contributed by atoms with Crippen LogP contribution in [-0.4, -0.2) is 7.11 Å². The van der Waals surface area contributed by atoms with E-state index < -0.39 is 0 Å². The molecule has 0 amide bonds. The fraction of sp³-hybridized carbons (Fsp3) is 0.188. The number of hydrogen-bond acceptors (Lipinski definition) is 2. The van der Waals surface area contributed by atoms with Crippen LogP contribution in [0.2, 0.25) is 0 Å². The van der Waals surface area contributed by atoms with E-state index in [1.165, 1.54) is 5.56 Å². The standard InChI is InChI=1S/C16H15NO/c1-11-4-6-13(7-5-11)14-8-12(2)16(18-3)15(9-14)10-17/h4-9H,1-3H3. The summed E-state index contributed by atoms with van der Waals surface area (Å²) in [6.07, 6.45) is 0. The van der Waals surface area contributed by atoms with E-state index in [2.05, 4.69) is 37.3 Å². The minimum absolute atomic E-state index is 0.577. The van der Waals surface area contributed by atoms with Crippen LogP contribution in [0.15, 0.2) is 36.4 Å². The van der Waals surface area contributed by atoms with Gasteiger partial charge in [-0.05, 0) is 42.7 Å². The summed E-state index contributed by atoms with van der Waals surface area (Å²) in [4.78, 5) is 0. The molecule has 0 N–H and O–H groups in total. The molecule has 0 radical (unpaired) electrons. The van der Waals surface area contributed by atoms with E-state index in [4.69, 9.17) is 10.00 Å². The average molecular weight is 237 g/mol. The Hall–Kier alpha value is -2.27. The van der Waals surface area contributed by atoms with Crippen LogP contribution in [0.1, 0.15) is 16.7 Å². The van der Waals surface area contributed by atoms with Crippen molar-refractivity contribution in [1.82, 2.24) is 0 Å². The Labute approximate surface area is 107 Å². The molecule has 0 spiro atoms. The zero-order chi connectivity index (χ0) is 13.1. The van der Waals surface area contributed by atoms with E-state index in [1.807, 2.05) is 19.1 Å². The van der Waals surface area contributed by atoms with E-state index >= 15 is 0 Å². The third-order valence-corrected chi connectivity index (χ3v) is 2.98. The van der Waals surface area contributed by atoms with Crippen molar-refractivity contribution in [3.63, 3.8) is 0 Å². The highest BCUT2D eigenvalue weighted by Crippen LogP contribution is 2.30. The van der Waals surface area contributed by atoms with E-state index in [-0.39, 0.29) is 0 Å². The van der Waals surface area contributed by atoms with Gasteiger partial charge in [-0.3, -0.25) is 0 Å². The maximum Gasteiger partial charge on any atom is 0.139 e. The highest BCUT2D eigenvalue weighted by molar-refractivity contribution is 5.69. The predicted molar refractivity (Wildman–Crippen MR) is 72.6 cm³/mol. The Morgan fingerprint density at radius 3 is 2.22 bits per heavy atom. The summed E-state index contributed by atoms with van der Waals surface area (Å²) in [5.74, 6) is 0.661. The molecule has 0 fully saturated rings. The molecule has 0 aliphatic heterocycles. The first-order chi connectivity index (χ1) is 8.65. The Kier molecular flexibility index (Phi) is 3.34. The molecule has 0 bridgehead atoms. The van der Waals surface area contributed by atoms with Gasteiger partial charge in [0.2, 0.25) is 0 Å². The van der Waals surface area contributed by atoms with Crippen LogP contribution in [0.3, 0.4) is 0 Å². The predicted octanol–water partition coefficient (Wildman–Crippen LogP) is 3.85. The Balaban J connectivity index is 2.57. The summed E-state index contributed by atoms with van der Waals surface area (Å²) in [6.45, 7) is 4.02. The molecule has 2 nitrogen and oxygen atoms in total. The molecule has 0 heterocycles. The summed E-state index contributed by atoms with van der Waals surface area (Å²) in [5.41, 5.74) is 4.94. The fourth-order valence-corrected chi connectivity index (χ4v) is 2.04. The Morgan fingerprint density at radius 2 is 1.67 bits per heavy atom. The summed E-state index contributed by atoms with van der Waals surface area (Å²) in [7, 11) is 1.59. The van der Waals surface area contributed by atoms with Gasteiger partial charge in [0.05, 0.1) is 12.7 Å². The minimum atomic E-state index is 0.577. The molecule has 0 saturated heterocycles. The molecule has 0 aromatic heterocycles. The first-order valence-corrected chi connectivity index (χ1v) is 5.81. The van der Waals surface area contributed by atoms with Gasteiger partial charge < -0.3 is 4.74 Å². The molecule has 18 heavy (non-hydrogen) atoms. The van der Waals surface area contributed by atoms with Crippen molar-refractivity contribution in [3.05, 3.63) is 53.1 Å². The third-order valence-electron chi connectivity index (χ3n) is 2.98. The van der Waals surface area contributed by atoms with Crippen LogP contribution in [0.25, 0.3) is 11.1 Å². The van der Waals surface area contributed by atoms with Gasteiger partial charge in [0.25, 0.3) is 0 Å². The highest BCUT2D eigenvalue weighted by Gasteiger charge is 2.09. The van der Waals surface area contributed by atoms with Crippen molar-refractivity contribution in [1.29, 1.82) is 5.26 Å². The molecule has 0 aliphatic rings. The van der Waals surface area contributed by atoms with Gasteiger partial charge in [-0.25, -0.2) is 0 Å². The lowest BCUT2D eigenvalue weighted by molar-refractivity contribution is 0.410. The molecule has 0 aliphatic carbocycles. The average Bonchev–Trinajstić information content (AvgIpc) is 2.38. The van der Waals surface area contributed by atoms with Crippen molar-refractivity contribution < 1.29 is 4.74 Å². The van der Waals surface area contributed by atoms with Gasteiger partial charge in [-0.15, -0.1) is 0 Å². The maximum atomic E-state index is 9.16. The van der Waals surface area contributed by atoms with Crippen LogP contribution in [-0.2, 0) is 0 Å². The van der Waals surface area contributed by atoms with Crippen LogP contribution in [0.4, 0.5) is 0 Å². The number of rotatable bonds is 2. The molecule has 2 heteroatoms. The van der Waals surface area contributed by atoms with E-state index in [9.17, 15) is 0 Å². The molecule has 0 saturated carbocycles. The second kappa shape index (κ2) is 4.93. The normalized spacial score (nSPS) is 9.89. The monoisotopic (exact) mass is 237 g/mol. The number of nitriles is 1.